The fourth-order valence-corrected chi connectivity index (χ4v) is 3.93. The van der Waals surface area contributed by atoms with Gasteiger partial charge in [-0.2, -0.15) is 0 Å². The van der Waals surface area contributed by atoms with Crippen LogP contribution in [0.4, 0.5) is 0 Å². The molecular weight excluding hydrogens is 226 g/mol. The van der Waals surface area contributed by atoms with Gasteiger partial charge in [0.05, 0.1) is 0 Å². The van der Waals surface area contributed by atoms with Crippen LogP contribution in [0.1, 0.15) is 44.1 Å². The monoisotopic (exact) mass is 249 g/mol. The molecule has 1 heterocycles. The summed E-state index contributed by atoms with van der Waals surface area (Å²) in [5.41, 5.74) is 1.59. The summed E-state index contributed by atoms with van der Waals surface area (Å²) in [6.45, 7) is 2.27. The van der Waals surface area contributed by atoms with Gasteiger partial charge in [-0.3, -0.25) is 0 Å². The van der Waals surface area contributed by atoms with Gasteiger partial charge in [0.15, 0.2) is 0 Å². The van der Waals surface area contributed by atoms with Crippen molar-refractivity contribution in [3.63, 3.8) is 0 Å². The molecule has 1 aliphatic heterocycles. The number of thioether (sulfide) groups is 1. The Labute approximate surface area is 109 Å². The van der Waals surface area contributed by atoms with Crippen LogP contribution in [0.15, 0.2) is 29.2 Å². The van der Waals surface area contributed by atoms with Crippen molar-refractivity contribution in [2.24, 2.45) is 0 Å². The summed E-state index contributed by atoms with van der Waals surface area (Å²) >= 11 is 2.03. The third-order valence-corrected chi connectivity index (χ3v) is 5.06. The largest absolute Gasteiger partial charge is 0.317 e. The van der Waals surface area contributed by atoms with E-state index in [1.54, 1.807) is 5.56 Å². The number of hydrogen-bond acceptors (Lipinski definition) is 2. The normalized spacial score (nSPS) is 20.2. The molecule has 0 aliphatic carbocycles. The smallest absolute Gasteiger partial charge is 0.0107 e. The maximum Gasteiger partial charge on any atom is 0.0107 e. The lowest BCUT2D eigenvalue weighted by Gasteiger charge is -2.15. The van der Waals surface area contributed by atoms with E-state index in [2.05, 4.69) is 43.6 Å². The number of hydrogen-bond donors (Lipinski definition) is 1. The lowest BCUT2D eigenvalue weighted by Crippen LogP contribution is -2.23. The predicted molar refractivity (Wildman–Crippen MR) is 76.9 cm³/mol. The fraction of sp³-hybridized carbons (Fsp3) is 0.600. The minimum absolute atomic E-state index is 0.708. The van der Waals surface area contributed by atoms with E-state index < -0.39 is 0 Å². The van der Waals surface area contributed by atoms with Gasteiger partial charge in [-0.1, -0.05) is 31.5 Å². The first-order valence-corrected chi connectivity index (χ1v) is 7.72. The van der Waals surface area contributed by atoms with Crippen molar-refractivity contribution in [3.05, 3.63) is 29.8 Å². The molecule has 17 heavy (non-hydrogen) atoms. The summed E-state index contributed by atoms with van der Waals surface area (Å²) in [4.78, 5) is 1.51. The van der Waals surface area contributed by atoms with Crippen LogP contribution in [0.3, 0.4) is 0 Å². The first-order chi connectivity index (χ1) is 8.35. The van der Waals surface area contributed by atoms with Crippen LogP contribution in [-0.4, -0.2) is 18.8 Å². The molecule has 1 nitrogen and oxygen atoms in total. The Hall–Kier alpha value is -0.470. The third-order valence-electron chi connectivity index (χ3n) is 3.81. The lowest BCUT2D eigenvalue weighted by atomic mass is 9.94. The number of fused-ring (bicyclic) bond motifs is 1. The number of benzene rings is 1. The van der Waals surface area contributed by atoms with E-state index in [1.807, 2.05) is 11.8 Å². The Bertz CT molecular complexity index is 347. The molecule has 0 saturated carbocycles. The van der Waals surface area contributed by atoms with E-state index in [1.165, 1.54) is 36.3 Å². The molecule has 0 fully saturated rings. The minimum atomic E-state index is 0.708. The summed E-state index contributed by atoms with van der Waals surface area (Å²) in [6.07, 6.45) is 5.25. The Morgan fingerprint density at radius 2 is 2.24 bits per heavy atom. The molecule has 1 N–H and O–H groups in total. The highest BCUT2D eigenvalue weighted by atomic mass is 32.2. The van der Waals surface area contributed by atoms with Gasteiger partial charge < -0.3 is 5.32 Å². The predicted octanol–water partition coefficient (Wildman–Crippen LogP) is 4.04. The second-order valence-corrected chi connectivity index (χ2v) is 5.93. The molecule has 2 unspecified atom stereocenters. The zero-order valence-corrected chi connectivity index (χ0v) is 11.7. The van der Waals surface area contributed by atoms with Gasteiger partial charge >= 0.3 is 0 Å². The van der Waals surface area contributed by atoms with Crippen molar-refractivity contribution in [3.8, 4) is 0 Å². The standard InChI is InChI=1S/C15H23NS/c1-3-13(16-2)8-6-7-12-11-17-15-10-5-4-9-14(12)15/h4-5,9-10,12-13,16H,3,6-8,11H2,1-2H3. The molecule has 2 atom stereocenters. The second-order valence-electron chi connectivity index (χ2n) is 4.87. The van der Waals surface area contributed by atoms with Crippen molar-refractivity contribution in [1.29, 1.82) is 0 Å². The summed E-state index contributed by atoms with van der Waals surface area (Å²) in [7, 11) is 2.08. The molecular formula is C15H23NS. The Morgan fingerprint density at radius 3 is 3.00 bits per heavy atom. The number of rotatable bonds is 6. The van der Waals surface area contributed by atoms with Gasteiger partial charge in [-0.05, 0) is 43.9 Å². The van der Waals surface area contributed by atoms with Gasteiger partial charge in [-0.15, -0.1) is 11.8 Å². The zero-order chi connectivity index (χ0) is 12.1. The summed E-state index contributed by atoms with van der Waals surface area (Å²) < 4.78 is 0. The van der Waals surface area contributed by atoms with Gasteiger partial charge in [0.2, 0.25) is 0 Å². The Kier molecular flexibility index (Phi) is 4.93. The van der Waals surface area contributed by atoms with Crippen molar-refractivity contribution in [2.45, 2.75) is 49.5 Å². The maximum absolute atomic E-state index is 3.39. The first-order valence-electron chi connectivity index (χ1n) is 6.74. The zero-order valence-electron chi connectivity index (χ0n) is 10.9. The van der Waals surface area contributed by atoms with E-state index >= 15 is 0 Å². The molecule has 1 aliphatic rings. The van der Waals surface area contributed by atoms with Gasteiger partial charge in [0.1, 0.15) is 0 Å². The van der Waals surface area contributed by atoms with Crippen LogP contribution in [-0.2, 0) is 0 Å². The van der Waals surface area contributed by atoms with Gasteiger partial charge in [-0.25, -0.2) is 0 Å². The number of nitrogens with one attached hydrogen (secondary N) is 1. The summed E-state index contributed by atoms with van der Waals surface area (Å²) in [6, 6.07) is 9.62. The molecule has 0 bridgehead atoms. The van der Waals surface area contributed by atoms with Crippen LogP contribution >= 0.6 is 11.8 Å². The van der Waals surface area contributed by atoms with Crippen LogP contribution in [0, 0.1) is 0 Å². The minimum Gasteiger partial charge on any atom is -0.317 e. The molecule has 0 amide bonds. The molecule has 1 aromatic rings. The van der Waals surface area contributed by atoms with E-state index in [0.717, 1.165) is 5.92 Å². The van der Waals surface area contributed by atoms with Crippen LogP contribution < -0.4 is 5.32 Å². The Balaban J connectivity index is 1.82. The van der Waals surface area contributed by atoms with Crippen molar-refractivity contribution >= 4 is 11.8 Å². The van der Waals surface area contributed by atoms with Crippen LogP contribution in [0.2, 0.25) is 0 Å². The highest BCUT2D eigenvalue weighted by molar-refractivity contribution is 7.99. The molecule has 0 saturated heterocycles. The molecule has 2 rings (SSSR count). The van der Waals surface area contributed by atoms with E-state index in [4.69, 9.17) is 0 Å². The molecule has 2 heteroatoms. The lowest BCUT2D eigenvalue weighted by molar-refractivity contribution is 0.471. The van der Waals surface area contributed by atoms with E-state index in [0.29, 0.717) is 6.04 Å². The van der Waals surface area contributed by atoms with Crippen LogP contribution in [0.5, 0.6) is 0 Å². The molecule has 0 aromatic heterocycles. The molecule has 0 radical (unpaired) electrons. The maximum atomic E-state index is 3.39. The van der Waals surface area contributed by atoms with E-state index in [9.17, 15) is 0 Å². The second kappa shape index (κ2) is 6.46. The fourth-order valence-electron chi connectivity index (χ4n) is 2.63. The van der Waals surface area contributed by atoms with Crippen molar-refractivity contribution < 1.29 is 0 Å². The van der Waals surface area contributed by atoms with Gasteiger partial charge in [0, 0.05) is 16.7 Å². The molecule has 0 spiro atoms. The van der Waals surface area contributed by atoms with Crippen LogP contribution in [0.25, 0.3) is 0 Å². The quantitative estimate of drug-likeness (QED) is 0.816. The van der Waals surface area contributed by atoms with E-state index in [-0.39, 0.29) is 0 Å². The van der Waals surface area contributed by atoms with Gasteiger partial charge in [0.25, 0.3) is 0 Å². The van der Waals surface area contributed by atoms with Crippen molar-refractivity contribution in [2.75, 3.05) is 12.8 Å². The van der Waals surface area contributed by atoms with Crippen molar-refractivity contribution in [1.82, 2.24) is 5.32 Å². The summed E-state index contributed by atoms with van der Waals surface area (Å²) in [5.74, 6) is 2.08. The SMILES string of the molecule is CCC(CCCC1CSc2ccccc21)NC. The average molecular weight is 249 g/mol. The highest BCUT2D eigenvalue weighted by Gasteiger charge is 2.22. The third kappa shape index (κ3) is 3.26. The summed E-state index contributed by atoms with van der Waals surface area (Å²) in [5, 5.41) is 3.39. The Morgan fingerprint density at radius 1 is 1.41 bits per heavy atom. The topological polar surface area (TPSA) is 12.0 Å². The first kappa shape index (κ1) is 13.0. The highest BCUT2D eigenvalue weighted by Crippen LogP contribution is 2.41. The molecule has 94 valence electrons. The average Bonchev–Trinajstić information content (AvgIpc) is 2.78. The molecule has 1 aromatic carbocycles.